The molecular weight excluding hydrogens is 349 g/mol. The van der Waals surface area contributed by atoms with Crippen molar-refractivity contribution in [2.45, 2.75) is 26.8 Å². The van der Waals surface area contributed by atoms with Crippen molar-refractivity contribution in [3.8, 4) is 5.69 Å². The van der Waals surface area contributed by atoms with Gasteiger partial charge in [0.25, 0.3) is 0 Å². The van der Waals surface area contributed by atoms with Gasteiger partial charge in [-0.2, -0.15) is 5.10 Å². The number of nitrogens with zero attached hydrogens (tertiary/aromatic N) is 3. The Bertz CT molecular complexity index is 881. The number of carboxylic acids is 1. The molecule has 2 aromatic rings. The number of carboxylic acid groups (broad SMARTS) is 1. The summed E-state index contributed by atoms with van der Waals surface area (Å²) in [6.07, 6.45) is 0.746. The highest BCUT2D eigenvalue weighted by Crippen LogP contribution is 2.42. The van der Waals surface area contributed by atoms with E-state index >= 15 is 0 Å². The third-order valence-corrected chi connectivity index (χ3v) is 5.84. The SMILES string of the molecule is Cc1cc(C)n(-c2ccc(F)cc2CN2C[C@@H]3CCOC[C@]3(C(=O)O)C2)n1. The van der Waals surface area contributed by atoms with Gasteiger partial charge in [-0.25, -0.2) is 9.07 Å². The van der Waals surface area contributed by atoms with E-state index in [2.05, 4.69) is 10.00 Å². The Morgan fingerprint density at radius 3 is 2.89 bits per heavy atom. The number of aromatic nitrogens is 2. The molecule has 2 atom stereocenters. The average Bonchev–Trinajstić information content (AvgIpc) is 3.15. The van der Waals surface area contributed by atoms with Gasteiger partial charge in [0.05, 0.1) is 18.0 Å². The fraction of sp³-hybridized carbons (Fsp3) is 0.500. The zero-order chi connectivity index (χ0) is 19.2. The van der Waals surface area contributed by atoms with Crippen LogP contribution in [0.15, 0.2) is 24.3 Å². The molecule has 1 aromatic carbocycles. The van der Waals surface area contributed by atoms with Crippen molar-refractivity contribution >= 4 is 5.97 Å². The second kappa shape index (κ2) is 6.73. The molecule has 2 fully saturated rings. The van der Waals surface area contributed by atoms with Crippen molar-refractivity contribution in [3.63, 3.8) is 0 Å². The van der Waals surface area contributed by atoms with Crippen molar-refractivity contribution in [3.05, 3.63) is 47.0 Å². The van der Waals surface area contributed by atoms with Crippen LogP contribution in [0.25, 0.3) is 5.69 Å². The first-order chi connectivity index (χ1) is 12.9. The maximum atomic E-state index is 14.0. The zero-order valence-corrected chi connectivity index (χ0v) is 15.6. The molecule has 0 unspecified atom stereocenters. The minimum absolute atomic E-state index is 0.0643. The Morgan fingerprint density at radius 2 is 2.22 bits per heavy atom. The number of hydrogen-bond donors (Lipinski definition) is 1. The molecule has 0 spiro atoms. The first-order valence-electron chi connectivity index (χ1n) is 9.24. The minimum atomic E-state index is -0.857. The van der Waals surface area contributed by atoms with Crippen molar-refractivity contribution in [2.75, 3.05) is 26.3 Å². The number of likely N-dealkylation sites (tertiary alicyclic amines) is 1. The van der Waals surface area contributed by atoms with Crippen molar-refractivity contribution in [1.82, 2.24) is 14.7 Å². The number of ether oxygens (including phenoxy) is 1. The third kappa shape index (κ3) is 3.15. The van der Waals surface area contributed by atoms with E-state index in [1.807, 2.05) is 24.6 Å². The molecule has 2 aliphatic rings. The first-order valence-corrected chi connectivity index (χ1v) is 9.24. The lowest BCUT2D eigenvalue weighted by Crippen LogP contribution is -2.46. The highest BCUT2D eigenvalue weighted by atomic mass is 19.1. The van der Waals surface area contributed by atoms with E-state index in [9.17, 15) is 14.3 Å². The van der Waals surface area contributed by atoms with Crippen LogP contribution in [0.5, 0.6) is 0 Å². The molecule has 3 heterocycles. The van der Waals surface area contributed by atoms with E-state index in [4.69, 9.17) is 4.74 Å². The molecule has 0 amide bonds. The van der Waals surface area contributed by atoms with E-state index in [-0.39, 0.29) is 18.3 Å². The fourth-order valence-electron chi connectivity index (χ4n) is 4.52. The summed E-state index contributed by atoms with van der Waals surface area (Å²) in [5.41, 5.74) is 2.66. The molecule has 144 valence electrons. The number of aliphatic carboxylic acids is 1. The molecule has 7 heteroatoms. The van der Waals surface area contributed by atoms with Gasteiger partial charge in [0.15, 0.2) is 0 Å². The summed E-state index contributed by atoms with van der Waals surface area (Å²) in [5.74, 6) is -1.04. The monoisotopic (exact) mass is 373 g/mol. The van der Waals surface area contributed by atoms with Crippen LogP contribution in [-0.2, 0) is 16.1 Å². The molecule has 4 rings (SSSR count). The number of hydrogen-bond acceptors (Lipinski definition) is 4. The molecule has 27 heavy (non-hydrogen) atoms. The number of benzene rings is 1. The second-order valence-corrected chi connectivity index (χ2v) is 7.78. The number of fused-ring (bicyclic) bond motifs is 1. The highest BCUT2D eigenvalue weighted by Gasteiger charge is 2.54. The first kappa shape index (κ1) is 18.1. The van der Waals surface area contributed by atoms with E-state index in [0.29, 0.717) is 26.2 Å². The van der Waals surface area contributed by atoms with Crippen LogP contribution < -0.4 is 0 Å². The van der Waals surface area contributed by atoms with Crippen LogP contribution >= 0.6 is 0 Å². The number of aryl methyl sites for hydroxylation is 2. The standard InChI is InChI=1S/C20H24FN3O3/c1-13-7-14(2)24(22-13)18-4-3-17(21)8-15(18)9-23-10-16-5-6-27-12-20(16,11-23)19(25)26/h3-4,7-8,16H,5-6,9-12H2,1-2H3,(H,25,26)/t16-,20+/m0/s1. The average molecular weight is 373 g/mol. The Kier molecular flexibility index (Phi) is 4.52. The summed E-state index contributed by atoms with van der Waals surface area (Å²) in [4.78, 5) is 14.1. The summed E-state index contributed by atoms with van der Waals surface area (Å²) in [7, 11) is 0. The van der Waals surface area contributed by atoms with Crippen molar-refractivity contribution in [1.29, 1.82) is 0 Å². The van der Waals surface area contributed by atoms with Crippen LogP contribution in [0.2, 0.25) is 0 Å². The highest BCUT2D eigenvalue weighted by molar-refractivity contribution is 5.76. The van der Waals surface area contributed by atoms with E-state index < -0.39 is 11.4 Å². The van der Waals surface area contributed by atoms with Gasteiger partial charge in [-0.3, -0.25) is 9.69 Å². The fourth-order valence-corrected chi connectivity index (χ4v) is 4.52. The summed E-state index contributed by atoms with van der Waals surface area (Å²) in [6, 6.07) is 6.68. The maximum Gasteiger partial charge on any atom is 0.313 e. The summed E-state index contributed by atoms with van der Waals surface area (Å²) >= 11 is 0. The van der Waals surface area contributed by atoms with E-state index in [1.165, 1.54) is 12.1 Å². The largest absolute Gasteiger partial charge is 0.481 e. The van der Waals surface area contributed by atoms with Crippen LogP contribution in [-0.4, -0.2) is 52.1 Å². The molecule has 6 nitrogen and oxygen atoms in total. The third-order valence-electron chi connectivity index (χ3n) is 5.84. The molecule has 0 saturated carbocycles. The summed E-state index contributed by atoms with van der Waals surface area (Å²) < 4.78 is 21.3. The molecule has 0 bridgehead atoms. The van der Waals surface area contributed by atoms with Gasteiger partial charge in [0, 0.05) is 31.9 Å². The maximum absolute atomic E-state index is 14.0. The Hall–Kier alpha value is -2.25. The molecule has 0 aliphatic carbocycles. The second-order valence-electron chi connectivity index (χ2n) is 7.78. The van der Waals surface area contributed by atoms with Crippen molar-refractivity contribution < 1.29 is 19.0 Å². The number of carbonyl (C=O) groups is 1. The zero-order valence-electron chi connectivity index (χ0n) is 15.6. The number of halogens is 1. The molecule has 1 aromatic heterocycles. The minimum Gasteiger partial charge on any atom is -0.481 e. The quantitative estimate of drug-likeness (QED) is 0.892. The van der Waals surface area contributed by atoms with Crippen LogP contribution in [0.3, 0.4) is 0 Å². The summed E-state index contributed by atoms with van der Waals surface area (Å²) in [6.45, 7) is 6.32. The van der Waals surface area contributed by atoms with Gasteiger partial charge < -0.3 is 9.84 Å². The Balaban J connectivity index is 1.64. The van der Waals surface area contributed by atoms with Crippen molar-refractivity contribution in [2.24, 2.45) is 11.3 Å². The van der Waals surface area contributed by atoms with Gasteiger partial charge in [0.2, 0.25) is 0 Å². The van der Waals surface area contributed by atoms with E-state index in [1.54, 1.807) is 6.07 Å². The lowest BCUT2D eigenvalue weighted by molar-refractivity contribution is -0.159. The lowest BCUT2D eigenvalue weighted by atomic mass is 9.76. The molecule has 2 aliphatic heterocycles. The summed E-state index contributed by atoms with van der Waals surface area (Å²) in [5, 5.41) is 14.3. The molecule has 0 radical (unpaired) electrons. The Morgan fingerprint density at radius 1 is 1.41 bits per heavy atom. The van der Waals surface area contributed by atoms with Crippen LogP contribution in [0, 0.1) is 31.0 Å². The topological polar surface area (TPSA) is 67.6 Å². The van der Waals surface area contributed by atoms with Gasteiger partial charge in [-0.05, 0) is 56.0 Å². The van der Waals surface area contributed by atoms with Gasteiger partial charge in [-0.15, -0.1) is 0 Å². The van der Waals surface area contributed by atoms with Gasteiger partial charge >= 0.3 is 5.97 Å². The van der Waals surface area contributed by atoms with Gasteiger partial charge in [-0.1, -0.05) is 0 Å². The van der Waals surface area contributed by atoms with Gasteiger partial charge in [0.1, 0.15) is 11.2 Å². The van der Waals surface area contributed by atoms with E-state index in [0.717, 1.165) is 29.1 Å². The Labute approximate surface area is 157 Å². The molecule has 1 N–H and O–H groups in total. The predicted molar refractivity (Wildman–Crippen MR) is 97.3 cm³/mol. The smallest absolute Gasteiger partial charge is 0.313 e. The normalized spacial score (nSPS) is 25.5. The molecular formula is C20H24FN3O3. The number of rotatable bonds is 4. The molecule has 2 saturated heterocycles. The predicted octanol–water partition coefficient (Wildman–Crippen LogP) is 2.55. The van der Waals surface area contributed by atoms with Crippen LogP contribution in [0.1, 0.15) is 23.4 Å². The van der Waals surface area contributed by atoms with Crippen LogP contribution in [0.4, 0.5) is 4.39 Å². The lowest BCUT2D eigenvalue weighted by Gasteiger charge is -2.34.